The Morgan fingerprint density at radius 1 is 1.26 bits per heavy atom. The molecule has 1 aromatic carbocycles. The zero-order valence-corrected chi connectivity index (χ0v) is 14.9. The van der Waals surface area contributed by atoms with Gasteiger partial charge in [0, 0.05) is 11.9 Å². The Morgan fingerprint density at radius 3 is 2.78 bits per heavy atom. The van der Waals surface area contributed by atoms with E-state index in [1.54, 1.807) is 13.0 Å². The van der Waals surface area contributed by atoms with Gasteiger partial charge in [0.25, 0.3) is 5.91 Å². The topological polar surface area (TPSA) is 146 Å². The molecule has 2 heterocycles. The van der Waals surface area contributed by atoms with Gasteiger partial charge < -0.3 is 10.1 Å². The Hall–Kier alpha value is -3.31. The number of fused-ring (bicyclic) bond motifs is 1. The van der Waals surface area contributed by atoms with Crippen molar-refractivity contribution in [2.24, 2.45) is 5.14 Å². The molecule has 0 saturated carbocycles. The summed E-state index contributed by atoms with van der Waals surface area (Å²) in [6.45, 7) is 1.04. The average Bonchev–Trinajstić information content (AvgIpc) is 3.08. The Balaban J connectivity index is 1.63. The van der Waals surface area contributed by atoms with E-state index in [4.69, 9.17) is 9.88 Å². The number of esters is 1. The molecule has 10 nitrogen and oxygen atoms in total. The number of nitrogens with zero attached hydrogens (tertiary/aromatic N) is 3. The SMILES string of the molecule is Cc1ccc(NC(=O)COC(=O)c2ccc3nncn3c2)cc1S(N)(=O)=O. The third kappa shape index (κ3) is 4.27. The third-order valence-corrected chi connectivity index (χ3v) is 4.69. The van der Waals surface area contributed by atoms with Gasteiger partial charge in [0.15, 0.2) is 12.3 Å². The molecule has 0 aliphatic carbocycles. The van der Waals surface area contributed by atoms with Crippen LogP contribution in [-0.2, 0) is 19.6 Å². The van der Waals surface area contributed by atoms with Crippen LogP contribution in [0.25, 0.3) is 5.65 Å². The quantitative estimate of drug-likeness (QED) is 0.603. The van der Waals surface area contributed by atoms with Gasteiger partial charge in [-0.3, -0.25) is 9.20 Å². The molecular weight excluding hydrogens is 374 g/mol. The summed E-state index contributed by atoms with van der Waals surface area (Å²) < 4.78 is 29.5. The lowest BCUT2D eigenvalue weighted by molar-refractivity contribution is -0.119. The monoisotopic (exact) mass is 389 g/mol. The predicted molar refractivity (Wildman–Crippen MR) is 94.5 cm³/mol. The number of anilines is 1. The minimum absolute atomic E-state index is 0.0976. The van der Waals surface area contributed by atoms with Gasteiger partial charge in [-0.2, -0.15) is 0 Å². The molecule has 0 atom stereocenters. The minimum atomic E-state index is -3.92. The number of pyridine rings is 1. The van der Waals surface area contributed by atoms with Crippen LogP contribution in [-0.4, -0.2) is 41.5 Å². The molecule has 0 spiro atoms. The first kappa shape index (κ1) is 18.5. The predicted octanol–water partition coefficient (Wildman–Crippen LogP) is 0.481. The van der Waals surface area contributed by atoms with Crippen LogP contribution in [0.1, 0.15) is 15.9 Å². The van der Waals surface area contributed by atoms with Crippen LogP contribution < -0.4 is 10.5 Å². The summed E-state index contributed by atoms with van der Waals surface area (Å²) in [4.78, 5) is 23.9. The molecule has 11 heteroatoms. The molecule has 0 bridgehead atoms. The summed E-state index contributed by atoms with van der Waals surface area (Å²) in [5.41, 5.74) is 1.46. The molecule has 27 heavy (non-hydrogen) atoms. The maximum atomic E-state index is 12.0. The van der Waals surface area contributed by atoms with Crippen molar-refractivity contribution < 1.29 is 22.7 Å². The van der Waals surface area contributed by atoms with E-state index in [2.05, 4.69) is 15.5 Å². The second-order valence-corrected chi connectivity index (χ2v) is 7.19. The molecule has 2 aromatic heterocycles. The first-order chi connectivity index (χ1) is 12.7. The molecular formula is C16H15N5O5S. The molecule has 0 unspecified atom stereocenters. The molecule has 0 saturated heterocycles. The number of sulfonamides is 1. The number of nitrogens with two attached hydrogens (primary N) is 1. The van der Waals surface area contributed by atoms with Gasteiger partial charge in [-0.25, -0.2) is 18.4 Å². The molecule has 0 aliphatic rings. The average molecular weight is 389 g/mol. The lowest BCUT2D eigenvalue weighted by atomic mass is 10.2. The number of amides is 1. The molecule has 1 amide bonds. The number of nitrogens with one attached hydrogen (secondary N) is 1. The van der Waals surface area contributed by atoms with Crippen LogP contribution in [0.3, 0.4) is 0 Å². The second kappa shape index (κ2) is 7.13. The van der Waals surface area contributed by atoms with E-state index in [0.717, 1.165) is 0 Å². The van der Waals surface area contributed by atoms with Gasteiger partial charge >= 0.3 is 5.97 Å². The lowest BCUT2D eigenvalue weighted by Gasteiger charge is -2.09. The van der Waals surface area contributed by atoms with Crippen LogP contribution in [0, 0.1) is 6.92 Å². The van der Waals surface area contributed by atoms with E-state index in [0.29, 0.717) is 11.2 Å². The van der Waals surface area contributed by atoms with Crippen molar-refractivity contribution in [3.63, 3.8) is 0 Å². The fourth-order valence-electron chi connectivity index (χ4n) is 2.34. The van der Waals surface area contributed by atoms with Crippen molar-refractivity contribution in [3.8, 4) is 0 Å². The number of hydrogen-bond donors (Lipinski definition) is 2. The van der Waals surface area contributed by atoms with Crippen LogP contribution >= 0.6 is 0 Å². The number of ether oxygens (including phenoxy) is 1. The van der Waals surface area contributed by atoms with Crippen molar-refractivity contribution in [2.75, 3.05) is 11.9 Å². The van der Waals surface area contributed by atoms with Gasteiger partial charge in [0.1, 0.15) is 6.33 Å². The van der Waals surface area contributed by atoms with E-state index in [-0.39, 0.29) is 16.1 Å². The highest BCUT2D eigenvalue weighted by Gasteiger charge is 2.15. The summed E-state index contributed by atoms with van der Waals surface area (Å²) >= 11 is 0. The Morgan fingerprint density at radius 2 is 2.04 bits per heavy atom. The zero-order chi connectivity index (χ0) is 19.6. The number of benzene rings is 1. The highest BCUT2D eigenvalue weighted by Crippen LogP contribution is 2.19. The standard InChI is InChI=1S/C16H15N5O5S/c1-10-2-4-12(6-13(10)27(17,24)25)19-15(22)8-26-16(23)11-3-5-14-20-18-9-21(14)7-11/h2-7,9H,8H2,1H3,(H,19,22)(H2,17,24,25). The molecule has 3 rings (SSSR count). The fraction of sp³-hybridized carbons (Fsp3) is 0.125. The van der Waals surface area contributed by atoms with Gasteiger partial charge in [-0.05, 0) is 36.8 Å². The number of carbonyl (C=O) groups is 2. The Kier molecular flexibility index (Phi) is 4.88. The summed E-state index contributed by atoms with van der Waals surface area (Å²) in [6.07, 6.45) is 2.91. The third-order valence-electron chi connectivity index (χ3n) is 3.64. The molecule has 140 valence electrons. The van der Waals surface area contributed by atoms with Gasteiger partial charge in [0.05, 0.1) is 10.5 Å². The van der Waals surface area contributed by atoms with Gasteiger partial charge in [-0.1, -0.05) is 6.07 Å². The van der Waals surface area contributed by atoms with Crippen molar-refractivity contribution in [2.45, 2.75) is 11.8 Å². The van der Waals surface area contributed by atoms with E-state index in [9.17, 15) is 18.0 Å². The summed E-state index contributed by atoms with van der Waals surface area (Å²) in [6, 6.07) is 7.36. The Bertz CT molecular complexity index is 1140. The maximum Gasteiger partial charge on any atom is 0.340 e. The second-order valence-electron chi connectivity index (χ2n) is 5.66. The molecule has 0 fully saturated rings. The number of carbonyl (C=O) groups excluding carboxylic acids is 2. The van der Waals surface area contributed by atoms with Crippen LogP contribution in [0.2, 0.25) is 0 Å². The van der Waals surface area contributed by atoms with Crippen molar-refractivity contribution in [1.29, 1.82) is 0 Å². The van der Waals surface area contributed by atoms with Crippen molar-refractivity contribution in [1.82, 2.24) is 14.6 Å². The van der Waals surface area contributed by atoms with E-state index in [1.165, 1.54) is 41.2 Å². The summed E-state index contributed by atoms with van der Waals surface area (Å²) in [5, 5.41) is 15.1. The smallest absolute Gasteiger partial charge is 0.340 e. The zero-order valence-electron chi connectivity index (χ0n) is 14.1. The number of rotatable bonds is 5. The number of aryl methyl sites for hydroxylation is 1. The van der Waals surface area contributed by atoms with Gasteiger partial charge in [0.2, 0.25) is 10.0 Å². The Labute approximate surface area is 154 Å². The fourth-order valence-corrected chi connectivity index (χ4v) is 3.15. The summed E-state index contributed by atoms with van der Waals surface area (Å²) in [7, 11) is -3.92. The summed E-state index contributed by atoms with van der Waals surface area (Å²) in [5.74, 6) is -1.33. The first-order valence-electron chi connectivity index (χ1n) is 7.64. The molecule has 0 radical (unpaired) electrons. The van der Waals surface area contributed by atoms with Gasteiger partial charge in [-0.15, -0.1) is 10.2 Å². The number of primary sulfonamides is 1. The van der Waals surface area contributed by atoms with Crippen molar-refractivity contribution >= 4 is 33.2 Å². The van der Waals surface area contributed by atoms with E-state index < -0.39 is 28.5 Å². The van der Waals surface area contributed by atoms with Crippen molar-refractivity contribution in [3.05, 3.63) is 54.0 Å². The molecule has 0 aliphatic heterocycles. The molecule has 3 N–H and O–H groups in total. The largest absolute Gasteiger partial charge is 0.452 e. The van der Waals surface area contributed by atoms with Crippen LogP contribution in [0.4, 0.5) is 5.69 Å². The number of aromatic nitrogens is 3. The maximum absolute atomic E-state index is 12.0. The van der Waals surface area contributed by atoms with E-state index >= 15 is 0 Å². The normalized spacial score (nSPS) is 11.3. The number of hydrogen-bond acceptors (Lipinski definition) is 7. The lowest BCUT2D eigenvalue weighted by Crippen LogP contribution is -2.21. The minimum Gasteiger partial charge on any atom is -0.452 e. The van der Waals surface area contributed by atoms with E-state index in [1.807, 2.05) is 0 Å². The molecule has 3 aromatic rings. The first-order valence-corrected chi connectivity index (χ1v) is 9.18. The van der Waals surface area contributed by atoms with Crippen LogP contribution in [0.5, 0.6) is 0 Å². The highest BCUT2D eigenvalue weighted by molar-refractivity contribution is 7.89. The van der Waals surface area contributed by atoms with Crippen LogP contribution in [0.15, 0.2) is 47.8 Å². The highest BCUT2D eigenvalue weighted by atomic mass is 32.2.